The van der Waals surface area contributed by atoms with E-state index in [1.165, 1.54) is 12.1 Å². The van der Waals surface area contributed by atoms with Crippen LogP contribution in [0.15, 0.2) is 24.3 Å². The minimum Gasteiger partial charge on any atom is -0.452 e. The van der Waals surface area contributed by atoms with E-state index in [1.807, 2.05) is 5.32 Å². The van der Waals surface area contributed by atoms with Crippen LogP contribution in [0.25, 0.3) is 0 Å². The van der Waals surface area contributed by atoms with E-state index in [2.05, 4.69) is 0 Å². The Bertz CT molecular complexity index is 628. The number of amides is 3. The van der Waals surface area contributed by atoms with Crippen LogP contribution in [0.5, 0.6) is 0 Å². The Balaban J connectivity index is 2.56. The average molecular weight is 338 g/mol. The zero-order valence-electron chi connectivity index (χ0n) is 13.4. The Morgan fingerprint density at radius 2 is 1.71 bits per heavy atom. The number of primary amides is 1. The molecule has 3 N–H and O–H groups in total. The number of halogens is 1. The molecule has 0 aromatic heterocycles. The lowest BCUT2D eigenvalue weighted by Crippen LogP contribution is -2.45. The van der Waals surface area contributed by atoms with Gasteiger partial charge in [0, 0.05) is 12.0 Å². The van der Waals surface area contributed by atoms with Crippen molar-refractivity contribution >= 4 is 23.7 Å². The van der Waals surface area contributed by atoms with Gasteiger partial charge in [0.15, 0.2) is 11.9 Å². The van der Waals surface area contributed by atoms with Gasteiger partial charge < -0.3 is 10.5 Å². The second kappa shape index (κ2) is 8.76. The highest BCUT2D eigenvalue weighted by atomic mass is 19.1. The average Bonchev–Trinajstić information content (AvgIpc) is 2.49. The molecule has 1 rings (SSSR count). The van der Waals surface area contributed by atoms with E-state index in [-0.39, 0.29) is 30.1 Å². The van der Waals surface area contributed by atoms with Gasteiger partial charge in [-0.05, 0) is 30.2 Å². The normalized spacial score (nSPS) is 11.7. The molecule has 0 bridgehead atoms. The highest BCUT2D eigenvalue weighted by Crippen LogP contribution is 2.11. The zero-order valence-corrected chi connectivity index (χ0v) is 13.4. The molecule has 1 atom stereocenters. The lowest BCUT2D eigenvalue weighted by atomic mass is 10.1. The van der Waals surface area contributed by atoms with Crippen molar-refractivity contribution < 1.29 is 28.3 Å². The molecular weight excluding hydrogens is 319 g/mol. The van der Waals surface area contributed by atoms with E-state index < -0.39 is 29.8 Å². The summed E-state index contributed by atoms with van der Waals surface area (Å²) in [6.07, 6.45) is -1.58. The summed E-state index contributed by atoms with van der Waals surface area (Å²) in [5, 5.41) is 1.85. The summed E-state index contributed by atoms with van der Waals surface area (Å²) in [5.74, 6) is -2.79. The van der Waals surface area contributed by atoms with E-state index in [1.54, 1.807) is 13.8 Å². The highest BCUT2D eigenvalue weighted by molar-refractivity contribution is 5.98. The minimum atomic E-state index is -1.19. The van der Waals surface area contributed by atoms with E-state index >= 15 is 0 Å². The summed E-state index contributed by atoms with van der Waals surface area (Å²) >= 11 is 0. The summed E-state index contributed by atoms with van der Waals surface area (Å²) in [4.78, 5) is 46.1. The van der Waals surface area contributed by atoms with Crippen LogP contribution < -0.4 is 11.1 Å². The van der Waals surface area contributed by atoms with Crippen LogP contribution >= 0.6 is 0 Å². The number of nitrogens with one attached hydrogen (secondary N) is 1. The van der Waals surface area contributed by atoms with Gasteiger partial charge in [-0.15, -0.1) is 0 Å². The molecule has 1 aromatic rings. The van der Waals surface area contributed by atoms with Crippen molar-refractivity contribution in [1.29, 1.82) is 0 Å². The van der Waals surface area contributed by atoms with Crippen LogP contribution in [0, 0.1) is 11.7 Å². The molecule has 0 aliphatic carbocycles. The van der Waals surface area contributed by atoms with Crippen molar-refractivity contribution in [2.45, 2.75) is 32.8 Å². The van der Waals surface area contributed by atoms with Crippen molar-refractivity contribution in [3.05, 3.63) is 35.6 Å². The largest absolute Gasteiger partial charge is 0.452 e. The molecule has 0 spiro atoms. The smallest absolute Gasteiger partial charge is 0.318 e. The van der Waals surface area contributed by atoms with Crippen LogP contribution in [0.1, 0.15) is 37.0 Å². The van der Waals surface area contributed by atoms with Gasteiger partial charge >= 0.3 is 12.0 Å². The molecule has 0 fully saturated rings. The van der Waals surface area contributed by atoms with Crippen LogP contribution in [0.3, 0.4) is 0 Å². The number of urea groups is 1. The molecule has 0 aliphatic heterocycles. The van der Waals surface area contributed by atoms with Crippen LogP contribution in [-0.4, -0.2) is 29.8 Å². The fourth-order valence-electron chi connectivity index (χ4n) is 1.88. The number of ketones is 1. The highest BCUT2D eigenvalue weighted by Gasteiger charge is 2.27. The third-order valence-corrected chi connectivity index (χ3v) is 3.09. The van der Waals surface area contributed by atoms with Gasteiger partial charge in [-0.25, -0.2) is 9.18 Å². The maximum absolute atomic E-state index is 12.8. The maximum atomic E-state index is 12.8. The van der Waals surface area contributed by atoms with Gasteiger partial charge in [-0.2, -0.15) is 0 Å². The predicted molar refractivity (Wildman–Crippen MR) is 82.4 cm³/mol. The van der Waals surface area contributed by atoms with Gasteiger partial charge in [-0.1, -0.05) is 13.8 Å². The van der Waals surface area contributed by atoms with E-state index in [0.717, 1.165) is 12.1 Å². The van der Waals surface area contributed by atoms with Crippen molar-refractivity contribution in [3.8, 4) is 0 Å². The number of carbonyl (C=O) groups is 4. The van der Waals surface area contributed by atoms with Crippen molar-refractivity contribution in [3.63, 3.8) is 0 Å². The van der Waals surface area contributed by atoms with Gasteiger partial charge in [0.25, 0.3) is 5.91 Å². The number of rotatable bonds is 7. The van der Waals surface area contributed by atoms with Crippen molar-refractivity contribution in [2.75, 3.05) is 0 Å². The van der Waals surface area contributed by atoms with Gasteiger partial charge in [0.1, 0.15) is 5.82 Å². The predicted octanol–water partition coefficient (Wildman–Crippen LogP) is 1.55. The van der Waals surface area contributed by atoms with Gasteiger partial charge in [-0.3, -0.25) is 19.7 Å². The third-order valence-electron chi connectivity index (χ3n) is 3.09. The Hall–Kier alpha value is -2.77. The summed E-state index contributed by atoms with van der Waals surface area (Å²) in [7, 11) is 0. The Morgan fingerprint density at radius 1 is 1.12 bits per heavy atom. The number of benzene rings is 1. The molecule has 8 heteroatoms. The minimum absolute atomic E-state index is 0.146. The first kappa shape index (κ1) is 19.3. The standard InChI is InChI=1S/C16H19FN2O5/c1-9(2)14(15(22)19-16(18)23)24-13(21)8-7-12(20)10-3-5-11(17)6-4-10/h3-6,9,14H,7-8H2,1-2H3,(H3,18,19,22,23)/t14-/m0/s1. The number of ether oxygens (including phenoxy) is 1. The number of Topliss-reactive ketones (excluding diaryl/α,β-unsaturated/α-hetero) is 1. The molecule has 0 saturated heterocycles. The summed E-state index contributed by atoms with van der Waals surface area (Å²) in [5.41, 5.74) is 5.13. The van der Waals surface area contributed by atoms with Crippen LogP contribution in [-0.2, 0) is 14.3 Å². The first-order valence-electron chi connectivity index (χ1n) is 7.29. The second-order valence-electron chi connectivity index (χ2n) is 5.44. The first-order chi connectivity index (χ1) is 11.2. The molecule has 1 aromatic carbocycles. The number of nitrogens with two attached hydrogens (primary N) is 1. The van der Waals surface area contributed by atoms with Crippen molar-refractivity contribution in [2.24, 2.45) is 11.7 Å². The Labute approximate surface area is 138 Å². The lowest BCUT2D eigenvalue weighted by Gasteiger charge is -2.19. The van der Waals surface area contributed by atoms with Gasteiger partial charge in [0.05, 0.1) is 6.42 Å². The summed E-state index contributed by atoms with van der Waals surface area (Å²) in [6, 6.07) is 3.89. The van der Waals surface area contributed by atoms with E-state index in [9.17, 15) is 23.6 Å². The Morgan fingerprint density at radius 3 is 2.21 bits per heavy atom. The first-order valence-corrected chi connectivity index (χ1v) is 7.29. The zero-order chi connectivity index (χ0) is 18.3. The molecule has 24 heavy (non-hydrogen) atoms. The molecule has 7 nitrogen and oxygen atoms in total. The van der Waals surface area contributed by atoms with Crippen molar-refractivity contribution in [1.82, 2.24) is 5.32 Å². The molecule has 0 unspecified atom stereocenters. The molecule has 3 amide bonds. The number of imide groups is 1. The van der Waals surface area contributed by atoms with Crippen LogP contribution in [0.4, 0.5) is 9.18 Å². The molecule has 0 aliphatic rings. The SMILES string of the molecule is CC(C)[C@H](OC(=O)CCC(=O)c1ccc(F)cc1)C(=O)NC(N)=O. The Kier molecular flexibility index (Phi) is 7.03. The van der Waals surface area contributed by atoms with Gasteiger partial charge in [0.2, 0.25) is 0 Å². The number of hydrogen-bond acceptors (Lipinski definition) is 5. The molecule has 0 heterocycles. The fourth-order valence-corrected chi connectivity index (χ4v) is 1.88. The second-order valence-corrected chi connectivity index (χ2v) is 5.44. The number of hydrogen-bond donors (Lipinski definition) is 2. The quantitative estimate of drug-likeness (QED) is 0.578. The van der Waals surface area contributed by atoms with E-state index in [4.69, 9.17) is 10.5 Å². The molecule has 130 valence electrons. The topological polar surface area (TPSA) is 116 Å². The molecule has 0 radical (unpaired) electrons. The summed E-state index contributed by atoms with van der Waals surface area (Å²) < 4.78 is 17.8. The number of carbonyl (C=O) groups excluding carboxylic acids is 4. The number of esters is 1. The summed E-state index contributed by atoms with van der Waals surface area (Å²) in [6.45, 7) is 3.25. The lowest BCUT2D eigenvalue weighted by molar-refractivity contribution is -0.158. The third kappa shape index (κ3) is 6.15. The molecule has 0 saturated carbocycles. The van der Waals surface area contributed by atoms with E-state index in [0.29, 0.717) is 0 Å². The monoisotopic (exact) mass is 338 g/mol. The maximum Gasteiger partial charge on any atom is 0.318 e. The fraction of sp³-hybridized carbons (Fsp3) is 0.375. The van der Waals surface area contributed by atoms with Crippen LogP contribution in [0.2, 0.25) is 0 Å². The molecular formula is C16H19FN2O5.